The quantitative estimate of drug-likeness (QED) is 0.791. The number of anilines is 1. The van der Waals surface area contributed by atoms with Gasteiger partial charge in [-0.25, -0.2) is 0 Å². The van der Waals surface area contributed by atoms with Gasteiger partial charge in [0.25, 0.3) is 0 Å². The predicted molar refractivity (Wildman–Crippen MR) is 76.5 cm³/mol. The number of benzene rings is 1. The highest BCUT2D eigenvalue weighted by atomic mass is 127. The maximum absolute atomic E-state index is 3.49. The second-order valence-corrected chi connectivity index (χ2v) is 5.40. The Morgan fingerprint density at radius 2 is 2.13 bits per heavy atom. The predicted octanol–water partition coefficient (Wildman–Crippen LogP) is 4.45. The summed E-state index contributed by atoms with van der Waals surface area (Å²) in [5, 5.41) is 3.49. The molecule has 0 radical (unpaired) electrons. The van der Waals surface area contributed by atoms with Gasteiger partial charge in [0.1, 0.15) is 0 Å². The lowest BCUT2D eigenvalue weighted by Gasteiger charge is -2.13. The molecule has 1 nitrogen and oxygen atoms in total. The van der Waals surface area contributed by atoms with Gasteiger partial charge in [-0.1, -0.05) is 26.3 Å². The first-order valence-electron chi connectivity index (χ1n) is 5.63. The van der Waals surface area contributed by atoms with E-state index in [0.717, 1.165) is 12.5 Å². The summed E-state index contributed by atoms with van der Waals surface area (Å²) in [6.07, 6.45) is 2.57. The van der Waals surface area contributed by atoms with Crippen molar-refractivity contribution in [1.82, 2.24) is 0 Å². The highest BCUT2D eigenvalue weighted by Crippen LogP contribution is 2.17. The topological polar surface area (TPSA) is 12.0 Å². The Labute approximate surface area is 107 Å². The smallest absolute Gasteiger partial charge is 0.0351 e. The number of rotatable bonds is 5. The van der Waals surface area contributed by atoms with Gasteiger partial charge in [-0.15, -0.1) is 0 Å². The first-order valence-corrected chi connectivity index (χ1v) is 6.71. The highest BCUT2D eigenvalue weighted by Gasteiger charge is 2.01. The van der Waals surface area contributed by atoms with E-state index in [0.29, 0.717) is 0 Å². The molecule has 0 saturated carbocycles. The minimum absolute atomic E-state index is 0.758. The van der Waals surface area contributed by atoms with Gasteiger partial charge >= 0.3 is 0 Å². The third-order valence-corrected chi connectivity index (χ3v) is 3.77. The average molecular weight is 317 g/mol. The largest absolute Gasteiger partial charge is 0.385 e. The van der Waals surface area contributed by atoms with Gasteiger partial charge in [-0.3, -0.25) is 0 Å². The lowest BCUT2D eigenvalue weighted by atomic mass is 10.1. The van der Waals surface area contributed by atoms with Crippen LogP contribution in [0.2, 0.25) is 0 Å². The van der Waals surface area contributed by atoms with Crippen LogP contribution in [0, 0.1) is 16.4 Å². The Bertz CT molecular complexity index is 309. The van der Waals surface area contributed by atoms with Crippen LogP contribution in [-0.4, -0.2) is 6.54 Å². The van der Waals surface area contributed by atoms with Gasteiger partial charge in [0, 0.05) is 15.8 Å². The fourth-order valence-electron chi connectivity index (χ4n) is 1.59. The first kappa shape index (κ1) is 12.8. The molecule has 1 rings (SSSR count). The first-order chi connectivity index (χ1) is 7.13. The van der Waals surface area contributed by atoms with Crippen LogP contribution < -0.4 is 5.32 Å². The molecule has 1 unspecified atom stereocenters. The van der Waals surface area contributed by atoms with E-state index < -0.39 is 0 Å². The molecule has 0 heterocycles. The van der Waals surface area contributed by atoms with Crippen LogP contribution in [0.5, 0.6) is 0 Å². The average Bonchev–Trinajstić information content (AvgIpc) is 2.20. The van der Waals surface area contributed by atoms with Crippen molar-refractivity contribution in [2.24, 2.45) is 5.92 Å². The Morgan fingerprint density at radius 1 is 1.40 bits per heavy atom. The van der Waals surface area contributed by atoms with Crippen LogP contribution >= 0.6 is 22.6 Å². The van der Waals surface area contributed by atoms with Crippen LogP contribution in [0.1, 0.15) is 32.3 Å². The van der Waals surface area contributed by atoms with Crippen molar-refractivity contribution in [3.63, 3.8) is 0 Å². The van der Waals surface area contributed by atoms with E-state index in [4.69, 9.17) is 0 Å². The van der Waals surface area contributed by atoms with Gasteiger partial charge in [-0.2, -0.15) is 0 Å². The molecule has 0 aliphatic carbocycles. The molecule has 0 spiro atoms. The van der Waals surface area contributed by atoms with Gasteiger partial charge in [0.15, 0.2) is 0 Å². The minimum atomic E-state index is 0.758. The van der Waals surface area contributed by atoms with Crippen LogP contribution in [0.25, 0.3) is 0 Å². The lowest BCUT2D eigenvalue weighted by Crippen LogP contribution is -2.11. The zero-order chi connectivity index (χ0) is 11.3. The molecular formula is C13H20IN. The van der Waals surface area contributed by atoms with Gasteiger partial charge in [0.2, 0.25) is 0 Å². The molecule has 1 atom stereocenters. The number of aryl methyl sites for hydroxylation is 1. The summed E-state index contributed by atoms with van der Waals surface area (Å²) >= 11 is 2.38. The Balaban J connectivity index is 2.47. The highest BCUT2D eigenvalue weighted by molar-refractivity contribution is 14.1. The van der Waals surface area contributed by atoms with E-state index in [9.17, 15) is 0 Å². The molecule has 0 saturated heterocycles. The Morgan fingerprint density at radius 3 is 2.73 bits per heavy atom. The standard InChI is InChI=1S/C13H20IN/c1-4-5-10(2)9-15-12-7-6-11(3)13(14)8-12/h6-8,10,15H,4-5,9H2,1-3H3. The summed E-state index contributed by atoms with van der Waals surface area (Å²) in [6, 6.07) is 6.55. The van der Waals surface area contributed by atoms with Gasteiger partial charge in [0.05, 0.1) is 0 Å². The summed E-state index contributed by atoms with van der Waals surface area (Å²) in [6.45, 7) is 7.76. The number of halogens is 1. The number of nitrogens with one attached hydrogen (secondary N) is 1. The summed E-state index contributed by atoms with van der Waals surface area (Å²) in [5.41, 5.74) is 2.59. The van der Waals surface area contributed by atoms with Crippen molar-refractivity contribution < 1.29 is 0 Å². The molecule has 0 aliphatic heterocycles. The third-order valence-electron chi connectivity index (χ3n) is 2.61. The normalized spacial score (nSPS) is 12.5. The van der Waals surface area contributed by atoms with E-state index in [-0.39, 0.29) is 0 Å². The van der Waals surface area contributed by atoms with Gasteiger partial charge < -0.3 is 5.32 Å². The number of hydrogen-bond donors (Lipinski definition) is 1. The summed E-state index contributed by atoms with van der Waals surface area (Å²) in [4.78, 5) is 0. The monoisotopic (exact) mass is 317 g/mol. The van der Waals surface area contributed by atoms with Crippen molar-refractivity contribution in [3.8, 4) is 0 Å². The molecule has 15 heavy (non-hydrogen) atoms. The molecule has 2 heteroatoms. The molecule has 1 N–H and O–H groups in total. The molecule has 0 fully saturated rings. The molecule has 0 bridgehead atoms. The zero-order valence-corrected chi connectivity index (χ0v) is 12.0. The van der Waals surface area contributed by atoms with E-state index in [1.807, 2.05) is 0 Å². The lowest BCUT2D eigenvalue weighted by molar-refractivity contribution is 0.551. The van der Waals surface area contributed by atoms with Crippen LogP contribution in [0.15, 0.2) is 18.2 Å². The van der Waals surface area contributed by atoms with Crippen molar-refractivity contribution in [1.29, 1.82) is 0 Å². The van der Waals surface area contributed by atoms with E-state index in [1.165, 1.54) is 27.7 Å². The maximum atomic E-state index is 3.49. The fraction of sp³-hybridized carbons (Fsp3) is 0.538. The van der Waals surface area contributed by atoms with Crippen molar-refractivity contribution >= 4 is 28.3 Å². The second kappa shape index (κ2) is 6.36. The van der Waals surface area contributed by atoms with Crippen molar-refractivity contribution in [2.45, 2.75) is 33.6 Å². The van der Waals surface area contributed by atoms with Crippen molar-refractivity contribution in [2.75, 3.05) is 11.9 Å². The molecule has 84 valence electrons. The Hall–Kier alpha value is -0.250. The van der Waals surface area contributed by atoms with Crippen LogP contribution in [-0.2, 0) is 0 Å². The fourth-order valence-corrected chi connectivity index (χ4v) is 2.11. The maximum Gasteiger partial charge on any atom is 0.0351 e. The Kier molecular flexibility index (Phi) is 5.43. The summed E-state index contributed by atoms with van der Waals surface area (Å²) < 4.78 is 1.33. The number of hydrogen-bond acceptors (Lipinski definition) is 1. The van der Waals surface area contributed by atoms with E-state index >= 15 is 0 Å². The third kappa shape index (κ3) is 4.41. The second-order valence-electron chi connectivity index (χ2n) is 4.24. The molecule has 1 aromatic rings. The van der Waals surface area contributed by atoms with E-state index in [2.05, 4.69) is 66.9 Å². The van der Waals surface area contributed by atoms with Crippen LogP contribution in [0.4, 0.5) is 5.69 Å². The molecule has 1 aromatic carbocycles. The van der Waals surface area contributed by atoms with E-state index in [1.54, 1.807) is 0 Å². The molecule has 0 amide bonds. The minimum Gasteiger partial charge on any atom is -0.385 e. The molecule has 0 aromatic heterocycles. The zero-order valence-electron chi connectivity index (χ0n) is 9.81. The van der Waals surface area contributed by atoms with Crippen molar-refractivity contribution in [3.05, 3.63) is 27.3 Å². The summed E-state index contributed by atoms with van der Waals surface area (Å²) in [7, 11) is 0. The summed E-state index contributed by atoms with van der Waals surface area (Å²) in [5.74, 6) is 0.758. The molecular weight excluding hydrogens is 297 g/mol. The SMILES string of the molecule is CCCC(C)CNc1ccc(C)c(I)c1. The van der Waals surface area contributed by atoms with Crippen LogP contribution in [0.3, 0.4) is 0 Å². The molecule has 0 aliphatic rings. The van der Waals surface area contributed by atoms with Gasteiger partial charge in [-0.05, 0) is 59.5 Å².